The number of alkyl halides is 3. The third-order valence-corrected chi connectivity index (χ3v) is 1.58. The summed E-state index contributed by atoms with van der Waals surface area (Å²) in [6, 6.07) is 0. The Bertz CT molecular complexity index is 69.1. The summed E-state index contributed by atoms with van der Waals surface area (Å²) in [5.41, 5.74) is -4.03. The molecule has 0 N–H and O–H groups in total. The highest BCUT2D eigenvalue weighted by atomic mass is 32.2. The molecule has 0 aliphatic rings. The standard InChI is InChI=1S/C5H9F3S/c1-2-3-4-9-5(6,7)8/h2-4H2,1H3. The predicted octanol–water partition coefficient (Wildman–Crippen LogP) is 3.04. The van der Waals surface area contributed by atoms with Crippen molar-refractivity contribution in [3.63, 3.8) is 0 Å². The summed E-state index contributed by atoms with van der Waals surface area (Å²) in [5.74, 6) is 0.194. The van der Waals surface area contributed by atoms with Crippen molar-refractivity contribution < 1.29 is 13.2 Å². The van der Waals surface area contributed by atoms with Gasteiger partial charge >= 0.3 is 5.51 Å². The topological polar surface area (TPSA) is 0 Å². The Kier molecular flexibility index (Phi) is 4.10. The van der Waals surface area contributed by atoms with Crippen LogP contribution in [0.4, 0.5) is 13.2 Å². The SMILES string of the molecule is CCCCSC(F)(F)F. The predicted molar refractivity (Wildman–Crippen MR) is 33.4 cm³/mol. The van der Waals surface area contributed by atoms with Crippen molar-refractivity contribution in [3.05, 3.63) is 0 Å². The van der Waals surface area contributed by atoms with Gasteiger partial charge in [-0.25, -0.2) is 0 Å². The molecule has 0 heterocycles. The van der Waals surface area contributed by atoms with Crippen LogP contribution in [-0.2, 0) is 0 Å². The van der Waals surface area contributed by atoms with E-state index in [9.17, 15) is 13.2 Å². The maximum Gasteiger partial charge on any atom is 0.441 e. The molecule has 0 aromatic rings. The molecular weight excluding hydrogens is 149 g/mol. The largest absolute Gasteiger partial charge is 0.441 e. The average molecular weight is 158 g/mol. The van der Waals surface area contributed by atoms with Crippen molar-refractivity contribution in [1.29, 1.82) is 0 Å². The molecular formula is C5H9F3S. The summed E-state index contributed by atoms with van der Waals surface area (Å²) >= 11 is 0.0581. The Morgan fingerprint density at radius 1 is 1.33 bits per heavy atom. The van der Waals surface area contributed by atoms with Crippen LogP contribution >= 0.6 is 11.8 Å². The smallest absolute Gasteiger partial charge is 0.160 e. The summed E-state index contributed by atoms with van der Waals surface area (Å²) < 4.78 is 34.0. The van der Waals surface area contributed by atoms with Crippen molar-refractivity contribution in [3.8, 4) is 0 Å². The second-order valence-electron chi connectivity index (χ2n) is 1.65. The molecule has 0 saturated heterocycles. The third-order valence-electron chi connectivity index (χ3n) is 0.764. The van der Waals surface area contributed by atoms with E-state index in [4.69, 9.17) is 0 Å². The van der Waals surface area contributed by atoms with E-state index < -0.39 is 5.51 Å². The molecule has 0 aromatic heterocycles. The first-order chi connectivity index (χ1) is 4.06. The van der Waals surface area contributed by atoms with Gasteiger partial charge in [-0.2, -0.15) is 13.2 Å². The van der Waals surface area contributed by atoms with Crippen molar-refractivity contribution in [2.45, 2.75) is 25.3 Å². The first-order valence-electron chi connectivity index (χ1n) is 2.77. The highest BCUT2D eigenvalue weighted by Gasteiger charge is 2.26. The van der Waals surface area contributed by atoms with E-state index in [0.717, 1.165) is 6.42 Å². The second-order valence-corrected chi connectivity index (χ2v) is 2.81. The maximum atomic E-state index is 11.3. The Balaban J connectivity index is 3.07. The minimum absolute atomic E-state index is 0.0581. The van der Waals surface area contributed by atoms with E-state index in [2.05, 4.69) is 0 Å². The molecule has 0 rings (SSSR count). The van der Waals surface area contributed by atoms with E-state index in [1.807, 2.05) is 6.92 Å². The number of rotatable bonds is 3. The minimum atomic E-state index is -4.03. The van der Waals surface area contributed by atoms with E-state index >= 15 is 0 Å². The van der Waals surface area contributed by atoms with Gasteiger partial charge < -0.3 is 0 Å². The van der Waals surface area contributed by atoms with Gasteiger partial charge in [-0.1, -0.05) is 25.1 Å². The van der Waals surface area contributed by atoms with Gasteiger partial charge in [0.15, 0.2) is 0 Å². The first-order valence-corrected chi connectivity index (χ1v) is 3.75. The maximum absolute atomic E-state index is 11.3. The molecule has 0 saturated carbocycles. The molecule has 4 heteroatoms. The highest BCUT2D eigenvalue weighted by Crippen LogP contribution is 2.30. The van der Waals surface area contributed by atoms with E-state index in [-0.39, 0.29) is 17.5 Å². The quantitative estimate of drug-likeness (QED) is 0.569. The van der Waals surface area contributed by atoms with Gasteiger partial charge in [0, 0.05) is 5.75 Å². The number of halogens is 3. The lowest BCUT2D eigenvalue weighted by atomic mass is 10.4. The van der Waals surface area contributed by atoms with E-state index in [1.165, 1.54) is 0 Å². The first kappa shape index (κ1) is 9.14. The molecule has 0 bridgehead atoms. The van der Waals surface area contributed by atoms with Gasteiger partial charge in [0.25, 0.3) is 0 Å². The van der Waals surface area contributed by atoms with Crippen molar-refractivity contribution in [2.75, 3.05) is 5.75 Å². The van der Waals surface area contributed by atoms with Gasteiger partial charge in [-0.05, 0) is 6.42 Å². The molecule has 0 atom stereocenters. The highest BCUT2D eigenvalue weighted by molar-refractivity contribution is 8.00. The molecule has 0 spiro atoms. The molecule has 0 unspecified atom stereocenters. The summed E-state index contributed by atoms with van der Waals surface area (Å²) in [4.78, 5) is 0. The van der Waals surface area contributed by atoms with Crippen molar-refractivity contribution >= 4 is 11.8 Å². The van der Waals surface area contributed by atoms with Gasteiger partial charge in [0.05, 0.1) is 0 Å². The third kappa shape index (κ3) is 8.14. The van der Waals surface area contributed by atoms with E-state index in [1.54, 1.807) is 0 Å². The zero-order valence-corrected chi connectivity index (χ0v) is 5.98. The van der Waals surface area contributed by atoms with Crippen LogP contribution in [0.5, 0.6) is 0 Å². The molecule has 0 nitrogen and oxygen atoms in total. The zero-order chi connectivity index (χ0) is 7.33. The van der Waals surface area contributed by atoms with Crippen LogP contribution in [-0.4, -0.2) is 11.3 Å². The summed E-state index contributed by atoms with van der Waals surface area (Å²) in [7, 11) is 0. The average Bonchev–Trinajstić information content (AvgIpc) is 1.63. The van der Waals surface area contributed by atoms with Crippen molar-refractivity contribution in [2.24, 2.45) is 0 Å². The molecule has 0 aliphatic carbocycles. The number of hydrogen-bond donors (Lipinski definition) is 0. The molecule has 0 fully saturated rings. The Labute approximate surface area is 56.8 Å². The summed E-state index contributed by atoms with van der Waals surface area (Å²) in [6.07, 6.45) is 1.47. The van der Waals surface area contributed by atoms with Crippen LogP contribution in [0, 0.1) is 0 Å². The van der Waals surface area contributed by atoms with Crippen LogP contribution in [0.1, 0.15) is 19.8 Å². The molecule has 0 radical (unpaired) electrons. The van der Waals surface area contributed by atoms with Crippen molar-refractivity contribution in [1.82, 2.24) is 0 Å². The van der Waals surface area contributed by atoms with Gasteiger partial charge in [-0.15, -0.1) is 0 Å². The van der Waals surface area contributed by atoms with Gasteiger partial charge in [0.1, 0.15) is 0 Å². The molecule has 0 aromatic carbocycles. The second kappa shape index (κ2) is 4.04. The van der Waals surface area contributed by atoms with Gasteiger partial charge in [-0.3, -0.25) is 0 Å². The van der Waals surface area contributed by atoms with Crippen LogP contribution in [0.2, 0.25) is 0 Å². The van der Waals surface area contributed by atoms with Crippen LogP contribution in [0.15, 0.2) is 0 Å². The van der Waals surface area contributed by atoms with E-state index in [0.29, 0.717) is 6.42 Å². The Hall–Kier alpha value is 0.140. The fourth-order valence-electron chi connectivity index (χ4n) is 0.332. The lowest BCUT2D eigenvalue weighted by Crippen LogP contribution is -2.00. The normalized spacial score (nSPS) is 12.0. The zero-order valence-electron chi connectivity index (χ0n) is 5.16. The van der Waals surface area contributed by atoms with Crippen LogP contribution in [0.25, 0.3) is 0 Å². The monoisotopic (exact) mass is 158 g/mol. The van der Waals surface area contributed by atoms with Crippen LogP contribution < -0.4 is 0 Å². The fraction of sp³-hybridized carbons (Fsp3) is 1.00. The molecule has 0 aliphatic heterocycles. The number of unbranched alkanes of at least 4 members (excludes halogenated alkanes) is 1. The number of thioether (sulfide) groups is 1. The minimum Gasteiger partial charge on any atom is -0.160 e. The molecule has 0 amide bonds. The Morgan fingerprint density at radius 2 is 1.89 bits per heavy atom. The Morgan fingerprint density at radius 3 is 2.22 bits per heavy atom. The lowest BCUT2D eigenvalue weighted by Gasteiger charge is -2.02. The molecule has 56 valence electrons. The summed E-state index contributed by atoms with van der Waals surface area (Å²) in [6.45, 7) is 1.87. The molecule has 9 heavy (non-hydrogen) atoms. The van der Waals surface area contributed by atoms with Gasteiger partial charge in [0.2, 0.25) is 0 Å². The fourth-order valence-corrected chi connectivity index (χ4v) is 0.997. The van der Waals surface area contributed by atoms with Crippen LogP contribution in [0.3, 0.4) is 0 Å². The summed E-state index contributed by atoms with van der Waals surface area (Å²) in [5, 5.41) is 0. The number of hydrogen-bond acceptors (Lipinski definition) is 1. The lowest BCUT2D eigenvalue weighted by molar-refractivity contribution is -0.0327.